The lowest BCUT2D eigenvalue weighted by atomic mass is 10.1. The van der Waals surface area contributed by atoms with Crippen molar-refractivity contribution in [2.45, 2.75) is 45.9 Å². The van der Waals surface area contributed by atoms with Gasteiger partial charge in [0.15, 0.2) is 0 Å². The SMILES string of the molecule is Cc1ccc(C(C(C)N)N(C)CCOC(C)C)o1. The maximum atomic E-state index is 6.07. The quantitative estimate of drug-likeness (QED) is 0.811. The second-order valence-electron chi connectivity index (χ2n) is 5.15. The fraction of sp³-hybridized carbons (Fsp3) is 0.714. The van der Waals surface area contributed by atoms with Crippen molar-refractivity contribution in [1.82, 2.24) is 4.90 Å². The number of likely N-dealkylation sites (N-methyl/N-ethyl adjacent to an activating group) is 1. The average molecular weight is 254 g/mol. The second-order valence-corrected chi connectivity index (χ2v) is 5.15. The molecule has 18 heavy (non-hydrogen) atoms. The number of hydrogen-bond acceptors (Lipinski definition) is 4. The molecule has 1 aromatic rings. The highest BCUT2D eigenvalue weighted by Crippen LogP contribution is 2.24. The zero-order valence-corrected chi connectivity index (χ0v) is 12.1. The highest BCUT2D eigenvalue weighted by molar-refractivity contribution is 5.11. The number of hydrogen-bond donors (Lipinski definition) is 1. The van der Waals surface area contributed by atoms with Crippen LogP contribution in [0.15, 0.2) is 16.5 Å². The van der Waals surface area contributed by atoms with Crippen LogP contribution in [0.4, 0.5) is 0 Å². The lowest BCUT2D eigenvalue weighted by Gasteiger charge is -2.29. The van der Waals surface area contributed by atoms with Crippen LogP contribution in [0, 0.1) is 6.92 Å². The zero-order chi connectivity index (χ0) is 13.7. The van der Waals surface area contributed by atoms with Gasteiger partial charge in [-0.15, -0.1) is 0 Å². The van der Waals surface area contributed by atoms with Crippen molar-refractivity contribution in [3.63, 3.8) is 0 Å². The summed E-state index contributed by atoms with van der Waals surface area (Å²) in [6.45, 7) is 9.57. The number of aryl methyl sites for hydroxylation is 1. The molecule has 1 aromatic heterocycles. The van der Waals surface area contributed by atoms with Crippen LogP contribution in [0.5, 0.6) is 0 Å². The third-order valence-electron chi connectivity index (χ3n) is 2.92. The van der Waals surface area contributed by atoms with Crippen molar-refractivity contribution in [2.75, 3.05) is 20.2 Å². The van der Waals surface area contributed by atoms with E-state index in [0.717, 1.165) is 18.1 Å². The third kappa shape index (κ3) is 4.44. The number of furan rings is 1. The van der Waals surface area contributed by atoms with Gasteiger partial charge in [0.2, 0.25) is 0 Å². The van der Waals surface area contributed by atoms with Crippen molar-refractivity contribution in [1.29, 1.82) is 0 Å². The number of ether oxygens (including phenoxy) is 1. The molecule has 0 bridgehead atoms. The van der Waals surface area contributed by atoms with Gasteiger partial charge in [0.1, 0.15) is 11.5 Å². The Bertz CT molecular complexity index is 347. The van der Waals surface area contributed by atoms with Gasteiger partial charge in [-0.3, -0.25) is 4.90 Å². The van der Waals surface area contributed by atoms with Crippen LogP contribution in [0.1, 0.15) is 38.3 Å². The van der Waals surface area contributed by atoms with Crippen molar-refractivity contribution in [3.8, 4) is 0 Å². The van der Waals surface area contributed by atoms with E-state index in [9.17, 15) is 0 Å². The van der Waals surface area contributed by atoms with E-state index in [4.69, 9.17) is 14.9 Å². The molecule has 2 N–H and O–H groups in total. The van der Waals surface area contributed by atoms with Gasteiger partial charge in [0.05, 0.1) is 18.8 Å². The van der Waals surface area contributed by atoms with Crippen LogP contribution in [-0.2, 0) is 4.74 Å². The summed E-state index contributed by atoms with van der Waals surface area (Å²) in [5.41, 5.74) is 6.07. The predicted octanol–water partition coefficient (Wildman–Crippen LogP) is 2.33. The first kappa shape index (κ1) is 15.2. The number of nitrogens with two attached hydrogens (primary N) is 1. The van der Waals surface area contributed by atoms with Gasteiger partial charge in [-0.05, 0) is 46.9 Å². The normalized spacial score (nSPS) is 15.3. The van der Waals surface area contributed by atoms with Gasteiger partial charge in [-0.1, -0.05) is 0 Å². The van der Waals surface area contributed by atoms with Gasteiger partial charge >= 0.3 is 0 Å². The van der Waals surface area contributed by atoms with E-state index in [2.05, 4.69) is 11.9 Å². The molecule has 0 amide bonds. The standard InChI is InChI=1S/C14H26N2O2/c1-10(2)17-9-8-16(5)14(12(4)15)13-7-6-11(3)18-13/h6-7,10,12,14H,8-9,15H2,1-5H3. The summed E-state index contributed by atoms with van der Waals surface area (Å²) < 4.78 is 11.3. The predicted molar refractivity (Wildman–Crippen MR) is 73.6 cm³/mol. The smallest absolute Gasteiger partial charge is 0.122 e. The zero-order valence-electron chi connectivity index (χ0n) is 12.1. The van der Waals surface area contributed by atoms with E-state index in [1.54, 1.807) is 0 Å². The molecule has 1 heterocycles. The molecular weight excluding hydrogens is 228 g/mol. The second kappa shape index (κ2) is 6.92. The van der Waals surface area contributed by atoms with Crippen molar-refractivity contribution in [2.24, 2.45) is 5.73 Å². The maximum Gasteiger partial charge on any atom is 0.122 e. The molecule has 0 aromatic carbocycles. The van der Waals surface area contributed by atoms with E-state index in [1.165, 1.54) is 0 Å². The van der Waals surface area contributed by atoms with Crippen LogP contribution in [0.3, 0.4) is 0 Å². The molecule has 0 saturated heterocycles. The van der Waals surface area contributed by atoms with E-state index in [1.807, 2.05) is 39.8 Å². The summed E-state index contributed by atoms with van der Waals surface area (Å²) in [7, 11) is 2.05. The highest BCUT2D eigenvalue weighted by atomic mass is 16.5. The molecule has 0 saturated carbocycles. The van der Waals surface area contributed by atoms with Crippen LogP contribution in [0.25, 0.3) is 0 Å². The third-order valence-corrected chi connectivity index (χ3v) is 2.92. The molecule has 0 aliphatic carbocycles. The monoisotopic (exact) mass is 254 g/mol. The Balaban J connectivity index is 2.61. The molecule has 2 unspecified atom stereocenters. The van der Waals surface area contributed by atoms with Crippen molar-refractivity contribution in [3.05, 3.63) is 23.7 Å². The summed E-state index contributed by atoms with van der Waals surface area (Å²) in [5.74, 6) is 1.84. The first-order chi connectivity index (χ1) is 8.41. The Labute approximate surface area is 110 Å². The van der Waals surface area contributed by atoms with Gasteiger partial charge in [-0.25, -0.2) is 0 Å². The van der Waals surface area contributed by atoms with Crippen molar-refractivity contribution >= 4 is 0 Å². The van der Waals surface area contributed by atoms with Crippen molar-refractivity contribution < 1.29 is 9.15 Å². The van der Waals surface area contributed by atoms with Crippen LogP contribution in [0.2, 0.25) is 0 Å². The minimum absolute atomic E-state index is 0.0135. The molecule has 0 aliphatic heterocycles. The Morgan fingerprint density at radius 2 is 2.00 bits per heavy atom. The fourth-order valence-corrected chi connectivity index (χ4v) is 2.06. The minimum atomic E-state index is 0.0135. The molecule has 0 fully saturated rings. The topological polar surface area (TPSA) is 51.6 Å². The Morgan fingerprint density at radius 3 is 2.44 bits per heavy atom. The Morgan fingerprint density at radius 1 is 1.33 bits per heavy atom. The first-order valence-corrected chi connectivity index (χ1v) is 6.55. The van der Waals surface area contributed by atoms with E-state index in [0.29, 0.717) is 6.61 Å². The summed E-state index contributed by atoms with van der Waals surface area (Å²) in [6.07, 6.45) is 0.262. The minimum Gasteiger partial charge on any atom is -0.465 e. The Kier molecular flexibility index (Phi) is 5.85. The summed E-state index contributed by atoms with van der Waals surface area (Å²) in [5, 5.41) is 0. The molecule has 4 heteroatoms. The van der Waals surface area contributed by atoms with Gasteiger partial charge in [-0.2, -0.15) is 0 Å². The molecule has 0 aliphatic rings. The summed E-state index contributed by atoms with van der Waals surface area (Å²) in [4.78, 5) is 2.19. The Hall–Kier alpha value is -0.840. The van der Waals surface area contributed by atoms with Crippen LogP contribution >= 0.6 is 0 Å². The molecule has 104 valence electrons. The van der Waals surface area contributed by atoms with Gasteiger partial charge < -0.3 is 14.9 Å². The molecule has 2 atom stereocenters. The average Bonchev–Trinajstić information content (AvgIpc) is 2.63. The van der Waals surface area contributed by atoms with E-state index in [-0.39, 0.29) is 18.2 Å². The molecule has 0 radical (unpaired) electrons. The number of nitrogens with zero attached hydrogens (tertiary/aromatic N) is 1. The van der Waals surface area contributed by atoms with Crippen LogP contribution in [-0.4, -0.2) is 37.2 Å². The first-order valence-electron chi connectivity index (χ1n) is 6.55. The summed E-state index contributed by atoms with van der Waals surface area (Å²) in [6, 6.07) is 4.08. The molecule has 1 rings (SSSR count). The van der Waals surface area contributed by atoms with E-state index < -0.39 is 0 Å². The summed E-state index contributed by atoms with van der Waals surface area (Å²) >= 11 is 0. The maximum absolute atomic E-state index is 6.07. The highest BCUT2D eigenvalue weighted by Gasteiger charge is 2.23. The van der Waals surface area contributed by atoms with E-state index >= 15 is 0 Å². The molecule has 4 nitrogen and oxygen atoms in total. The van der Waals surface area contributed by atoms with Gasteiger partial charge in [0, 0.05) is 12.6 Å². The lowest BCUT2D eigenvalue weighted by molar-refractivity contribution is 0.0508. The van der Waals surface area contributed by atoms with Crippen LogP contribution < -0.4 is 5.73 Å². The molecule has 0 spiro atoms. The molecular formula is C14H26N2O2. The van der Waals surface area contributed by atoms with Gasteiger partial charge in [0.25, 0.3) is 0 Å². The fourth-order valence-electron chi connectivity index (χ4n) is 2.06. The number of rotatable bonds is 7. The largest absolute Gasteiger partial charge is 0.465 e. The lowest BCUT2D eigenvalue weighted by Crippen LogP contribution is -2.38.